The molecule has 5 nitrogen and oxygen atoms in total. The van der Waals surface area contributed by atoms with Gasteiger partial charge in [-0.1, -0.05) is 31.9 Å². The van der Waals surface area contributed by atoms with Gasteiger partial charge in [0.1, 0.15) is 0 Å². The monoisotopic (exact) mass is 358 g/mol. The van der Waals surface area contributed by atoms with Crippen LogP contribution >= 0.6 is 0 Å². The summed E-state index contributed by atoms with van der Waals surface area (Å²) in [5.74, 6) is 0.900. The summed E-state index contributed by atoms with van der Waals surface area (Å²) in [6, 6.07) is 7.71. The van der Waals surface area contributed by atoms with E-state index in [1.165, 1.54) is 32.1 Å². The molecular weight excluding hydrogens is 324 g/mol. The molecule has 0 saturated heterocycles. The Morgan fingerprint density at radius 2 is 1.77 bits per heavy atom. The van der Waals surface area contributed by atoms with Crippen LogP contribution in [0.1, 0.15) is 61.9 Å². The Hall–Kier alpha value is -2.04. The molecule has 26 heavy (non-hydrogen) atoms. The quantitative estimate of drug-likeness (QED) is 0.580. The van der Waals surface area contributed by atoms with Crippen molar-refractivity contribution < 1.29 is 4.79 Å². The predicted molar refractivity (Wildman–Crippen MR) is 108 cm³/mol. The van der Waals surface area contributed by atoms with Gasteiger partial charge in [0.15, 0.2) is 5.96 Å². The third kappa shape index (κ3) is 5.48. The minimum Gasteiger partial charge on any atom is -0.357 e. The van der Waals surface area contributed by atoms with Crippen LogP contribution in [0.15, 0.2) is 29.3 Å². The fourth-order valence-electron chi connectivity index (χ4n) is 3.57. The molecule has 2 N–H and O–H groups in total. The summed E-state index contributed by atoms with van der Waals surface area (Å²) < 4.78 is 0. The van der Waals surface area contributed by atoms with Gasteiger partial charge in [-0.2, -0.15) is 0 Å². The van der Waals surface area contributed by atoms with Crippen molar-refractivity contribution >= 4 is 11.9 Å². The number of nitrogens with one attached hydrogen (secondary N) is 2. The lowest BCUT2D eigenvalue weighted by Crippen LogP contribution is -2.42. The van der Waals surface area contributed by atoms with Crippen LogP contribution in [0, 0.1) is 5.41 Å². The summed E-state index contributed by atoms with van der Waals surface area (Å²) in [6.07, 6.45) is 6.55. The van der Waals surface area contributed by atoms with Crippen molar-refractivity contribution in [1.82, 2.24) is 15.5 Å². The van der Waals surface area contributed by atoms with E-state index >= 15 is 0 Å². The molecule has 1 aliphatic rings. The zero-order valence-corrected chi connectivity index (χ0v) is 16.8. The molecule has 144 valence electrons. The lowest BCUT2D eigenvalue weighted by Gasteiger charge is -2.28. The van der Waals surface area contributed by atoms with Crippen molar-refractivity contribution in [3.8, 4) is 0 Å². The predicted octanol–water partition coefficient (Wildman–Crippen LogP) is 3.41. The SMILES string of the molecule is CCNC(=NCc1ccc(C(=O)N(C)C)cc1)NCC1(CC)CCCC1. The number of rotatable bonds is 7. The van der Waals surface area contributed by atoms with Gasteiger partial charge in [0, 0.05) is 32.7 Å². The fraction of sp³-hybridized carbons (Fsp3) is 0.619. The van der Waals surface area contributed by atoms with Gasteiger partial charge in [-0.05, 0) is 49.3 Å². The van der Waals surface area contributed by atoms with Gasteiger partial charge >= 0.3 is 0 Å². The molecule has 0 heterocycles. The molecule has 0 unspecified atom stereocenters. The topological polar surface area (TPSA) is 56.7 Å². The summed E-state index contributed by atoms with van der Waals surface area (Å²) >= 11 is 0. The molecule has 1 aromatic rings. The smallest absolute Gasteiger partial charge is 0.253 e. The maximum absolute atomic E-state index is 12.0. The van der Waals surface area contributed by atoms with E-state index in [0.29, 0.717) is 17.5 Å². The molecule has 0 atom stereocenters. The number of carbonyl (C=O) groups excluding carboxylic acids is 1. The summed E-state index contributed by atoms with van der Waals surface area (Å²) in [5, 5.41) is 6.89. The first-order chi connectivity index (χ1) is 12.5. The minimum absolute atomic E-state index is 0.0245. The third-order valence-electron chi connectivity index (χ3n) is 5.42. The second-order valence-corrected chi connectivity index (χ2v) is 7.51. The minimum atomic E-state index is 0.0245. The Bertz CT molecular complexity index is 601. The molecule has 0 spiro atoms. The molecule has 0 aliphatic heterocycles. The van der Waals surface area contributed by atoms with Crippen molar-refractivity contribution in [3.05, 3.63) is 35.4 Å². The average molecular weight is 359 g/mol. The molecule has 0 aromatic heterocycles. The average Bonchev–Trinajstić information content (AvgIpc) is 3.13. The highest BCUT2D eigenvalue weighted by molar-refractivity contribution is 5.93. The van der Waals surface area contributed by atoms with E-state index in [4.69, 9.17) is 4.99 Å². The fourth-order valence-corrected chi connectivity index (χ4v) is 3.57. The molecule has 1 saturated carbocycles. The number of hydrogen-bond donors (Lipinski definition) is 2. The maximum atomic E-state index is 12.0. The molecule has 1 aliphatic carbocycles. The van der Waals surface area contributed by atoms with E-state index in [1.54, 1.807) is 19.0 Å². The summed E-state index contributed by atoms with van der Waals surface area (Å²) in [7, 11) is 3.53. The lowest BCUT2D eigenvalue weighted by atomic mass is 9.83. The van der Waals surface area contributed by atoms with Crippen LogP contribution in [0.25, 0.3) is 0 Å². The van der Waals surface area contributed by atoms with Gasteiger partial charge in [0.25, 0.3) is 5.91 Å². The van der Waals surface area contributed by atoms with E-state index in [-0.39, 0.29) is 5.91 Å². The standard InChI is InChI=1S/C21H34N4O/c1-5-21(13-7-8-14-21)16-24-20(22-6-2)23-15-17-9-11-18(12-10-17)19(26)25(3)4/h9-12H,5-8,13-16H2,1-4H3,(H2,22,23,24). The number of nitrogens with zero attached hydrogens (tertiary/aromatic N) is 2. The highest BCUT2D eigenvalue weighted by Crippen LogP contribution is 2.40. The van der Waals surface area contributed by atoms with Crippen molar-refractivity contribution in [3.63, 3.8) is 0 Å². The maximum Gasteiger partial charge on any atom is 0.253 e. The molecule has 1 amide bonds. The zero-order valence-electron chi connectivity index (χ0n) is 16.8. The van der Waals surface area contributed by atoms with Gasteiger partial charge in [0.05, 0.1) is 6.54 Å². The van der Waals surface area contributed by atoms with Gasteiger partial charge in [-0.3, -0.25) is 4.79 Å². The third-order valence-corrected chi connectivity index (χ3v) is 5.42. The highest BCUT2D eigenvalue weighted by Gasteiger charge is 2.31. The second kappa shape index (κ2) is 9.60. The first-order valence-corrected chi connectivity index (χ1v) is 9.82. The van der Waals surface area contributed by atoms with Gasteiger partial charge in [0.2, 0.25) is 0 Å². The van der Waals surface area contributed by atoms with Crippen molar-refractivity contribution in [2.45, 2.75) is 52.5 Å². The number of amides is 1. The van der Waals surface area contributed by atoms with Crippen LogP contribution in [-0.4, -0.2) is 44.0 Å². The molecule has 1 fully saturated rings. The summed E-state index contributed by atoms with van der Waals surface area (Å²) in [5.41, 5.74) is 2.24. The molecule has 2 rings (SSSR count). The number of benzene rings is 1. The first kappa shape index (κ1) is 20.3. The Morgan fingerprint density at radius 1 is 1.12 bits per heavy atom. The summed E-state index contributed by atoms with van der Waals surface area (Å²) in [6.45, 7) is 6.83. The van der Waals surface area contributed by atoms with E-state index in [2.05, 4.69) is 24.5 Å². The van der Waals surface area contributed by atoms with Gasteiger partial charge in [-0.25, -0.2) is 4.99 Å². The Balaban J connectivity index is 1.96. The van der Waals surface area contributed by atoms with Crippen molar-refractivity contribution in [1.29, 1.82) is 0 Å². The number of guanidine groups is 1. The van der Waals surface area contributed by atoms with Crippen LogP contribution in [0.3, 0.4) is 0 Å². The van der Waals surface area contributed by atoms with Crippen LogP contribution in [0.4, 0.5) is 0 Å². The second-order valence-electron chi connectivity index (χ2n) is 7.51. The van der Waals surface area contributed by atoms with Gasteiger partial charge in [-0.15, -0.1) is 0 Å². The molecule has 0 radical (unpaired) electrons. The van der Waals surface area contributed by atoms with E-state index < -0.39 is 0 Å². The molecular formula is C21H34N4O. The van der Waals surface area contributed by atoms with Crippen LogP contribution in [0.5, 0.6) is 0 Å². The normalized spacial score (nSPS) is 16.4. The number of aliphatic imine (C=N–C) groups is 1. The lowest BCUT2D eigenvalue weighted by molar-refractivity contribution is 0.0827. The molecule has 0 bridgehead atoms. The first-order valence-electron chi connectivity index (χ1n) is 9.82. The highest BCUT2D eigenvalue weighted by atomic mass is 16.2. The Labute approximate surface area is 158 Å². The number of carbonyl (C=O) groups is 1. The largest absolute Gasteiger partial charge is 0.357 e. The Morgan fingerprint density at radius 3 is 2.31 bits per heavy atom. The van der Waals surface area contributed by atoms with Crippen LogP contribution < -0.4 is 10.6 Å². The zero-order chi connectivity index (χ0) is 19.0. The van der Waals surface area contributed by atoms with Crippen LogP contribution in [-0.2, 0) is 6.54 Å². The number of hydrogen-bond acceptors (Lipinski definition) is 2. The van der Waals surface area contributed by atoms with E-state index in [0.717, 1.165) is 24.6 Å². The molecule has 5 heteroatoms. The van der Waals surface area contributed by atoms with E-state index in [9.17, 15) is 4.79 Å². The van der Waals surface area contributed by atoms with Crippen LogP contribution in [0.2, 0.25) is 0 Å². The van der Waals surface area contributed by atoms with Crippen molar-refractivity contribution in [2.24, 2.45) is 10.4 Å². The molecule has 1 aromatic carbocycles. The van der Waals surface area contributed by atoms with Gasteiger partial charge < -0.3 is 15.5 Å². The van der Waals surface area contributed by atoms with E-state index in [1.807, 2.05) is 24.3 Å². The Kier molecular flexibility index (Phi) is 7.49. The van der Waals surface area contributed by atoms with Crippen molar-refractivity contribution in [2.75, 3.05) is 27.2 Å². The summed E-state index contributed by atoms with van der Waals surface area (Å²) in [4.78, 5) is 18.3.